The Bertz CT molecular complexity index is 825. The maximum atomic E-state index is 12.3. The molecule has 122 valence electrons. The van der Waals surface area contributed by atoms with E-state index in [9.17, 15) is 13.2 Å². The summed E-state index contributed by atoms with van der Waals surface area (Å²) in [7, 11) is -3.77. The van der Waals surface area contributed by atoms with Gasteiger partial charge in [-0.1, -0.05) is 40.9 Å². The maximum Gasteiger partial charge on any atom is 0.308 e. The van der Waals surface area contributed by atoms with Crippen molar-refractivity contribution < 1.29 is 17.9 Å². The van der Waals surface area contributed by atoms with Crippen molar-refractivity contribution in [2.24, 2.45) is 0 Å². The number of anilines is 1. The van der Waals surface area contributed by atoms with Crippen LogP contribution < -0.4 is 9.46 Å². The number of hydrogen-bond donors (Lipinski definition) is 1. The van der Waals surface area contributed by atoms with Crippen LogP contribution >= 0.6 is 23.2 Å². The number of rotatable bonds is 4. The number of sulfonamides is 1. The van der Waals surface area contributed by atoms with Gasteiger partial charge in [-0.05, 0) is 31.2 Å². The fraction of sp³-hybridized carbons (Fsp3) is 0.133. The molecule has 0 spiro atoms. The van der Waals surface area contributed by atoms with Gasteiger partial charge < -0.3 is 4.74 Å². The molecule has 2 aromatic carbocycles. The molecule has 0 bridgehead atoms. The molecule has 0 atom stereocenters. The Morgan fingerprint density at radius 2 is 1.61 bits per heavy atom. The van der Waals surface area contributed by atoms with Gasteiger partial charge in [-0.2, -0.15) is 0 Å². The molecule has 0 radical (unpaired) electrons. The Morgan fingerprint density at radius 3 is 2.09 bits per heavy atom. The van der Waals surface area contributed by atoms with E-state index in [2.05, 4.69) is 4.72 Å². The number of esters is 1. The molecule has 5 nitrogen and oxygen atoms in total. The molecule has 8 heteroatoms. The van der Waals surface area contributed by atoms with Gasteiger partial charge in [0.25, 0.3) is 10.0 Å². The molecule has 0 aliphatic carbocycles. The van der Waals surface area contributed by atoms with E-state index in [0.717, 1.165) is 5.56 Å². The van der Waals surface area contributed by atoms with E-state index in [-0.39, 0.29) is 26.4 Å². The number of hydrogen-bond acceptors (Lipinski definition) is 4. The maximum absolute atomic E-state index is 12.3. The van der Waals surface area contributed by atoms with Crippen LogP contribution in [0, 0.1) is 6.92 Å². The molecular formula is C15H13Cl2NO4S. The fourth-order valence-electron chi connectivity index (χ4n) is 1.79. The van der Waals surface area contributed by atoms with E-state index in [1.165, 1.54) is 31.2 Å². The monoisotopic (exact) mass is 373 g/mol. The summed E-state index contributed by atoms with van der Waals surface area (Å²) in [6.45, 7) is 3.07. The predicted octanol–water partition coefficient (Wildman–Crippen LogP) is 4.03. The fourth-order valence-corrected chi connectivity index (χ4v) is 3.40. The summed E-state index contributed by atoms with van der Waals surface area (Å²) in [6, 6.07) is 9.01. The second kappa shape index (κ2) is 6.78. The molecule has 0 heterocycles. The van der Waals surface area contributed by atoms with Crippen molar-refractivity contribution in [3.05, 3.63) is 52.0 Å². The van der Waals surface area contributed by atoms with Crippen molar-refractivity contribution in [2.45, 2.75) is 18.7 Å². The lowest BCUT2D eigenvalue weighted by Crippen LogP contribution is -2.13. The van der Waals surface area contributed by atoms with Gasteiger partial charge in [0, 0.05) is 6.92 Å². The first kappa shape index (κ1) is 17.6. The normalized spacial score (nSPS) is 11.1. The van der Waals surface area contributed by atoms with Gasteiger partial charge in [-0.25, -0.2) is 8.42 Å². The number of carbonyl (C=O) groups excluding carboxylic acids is 1. The Kier molecular flexibility index (Phi) is 5.19. The molecule has 23 heavy (non-hydrogen) atoms. The quantitative estimate of drug-likeness (QED) is 0.648. The van der Waals surface area contributed by atoms with Crippen molar-refractivity contribution in [1.82, 2.24) is 0 Å². The van der Waals surface area contributed by atoms with Crippen LogP contribution in [0.1, 0.15) is 12.5 Å². The topological polar surface area (TPSA) is 72.5 Å². The van der Waals surface area contributed by atoms with Crippen LogP contribution in [0.3, 0.4) is 0 Å². The van der Waals surface area contributed by atoms with Crippen molar-refractivity contribution in [3.63, 3.8) is 0 Å². The highest BCUT2D eigenvalue weighted by Crippen LogP contribution is 2.36. The van der Waals surface area contributed by atoms with E-state index in [1.54, 1.807) is 12.1 Å². The van der Waals surface area contributed by atoms with Gasteiger partial charge >= 0.3 is 5.97 Å². The summed E-state index contributed by atoms with van der Waals surface area (Å²) < 4.78 is 31.9. The summed E-state index contributed by atoms with van der Waals surface area (Å²) in [5, 5.41) is 0.0450. The molecule has 1 N–H and O–H groups in total. The average Bonchev–Trinajstić information content (AvgIpc) is 2.42. The highest BCUT2D eigenvalue weighted by Gasteiger charge is 2.17. The average molecular weight is 374 g/mol. The van der Waals surface area contributed by atoms with Crippen LogP contribution in [0.25, 0.3) is 0 Å². The summed E-state index contributed by atoms with van der Waals surface area (Å²) in [4.78, 5) is 11.1. The Morgan fingerprint density at radius 1 is 1.09 bits per heavy atom. The number of nitrogens with one attached hydrogen (secondary N) is 1. The molecule has 2 aromatic rings. The number of halogens is 2. The first-order valence-electron chi connectivity index (χ1n) is 6.46. The molecule has 0 aromatic heterocycles. The second-order valence-electron chi connectivity index (χ2n) is 4.78. The molecule has 0 unspecified atom stereocenters. The van der Waals surface area contributed by atoms with Crippen LogP contribution in [-0.2, 0) is 14.8 Å². The van der Waals surface area contributed by atoms with Crippen LogP contribution in [0.2, 0.25) is 10.0 Å². The second-order valence-corrected chi connectivity index (χ2v) is 7.28. The third kappa shape index (κ3) is 4.37. The highest BCUT2D eigenvalue weighted by atomic mass is 35.5. The molecule has 0 saturated carbocycles. The number of carbonyl (C=O) groups is 1. The minimum atomic E-state index is -3.77. The van der Waals surface area contributed by atoms with E-state index in [0.29, 0.717) is 0 Å². The smallest absolute Gasteiger partial charge is 0.308 e. The van der Waals surface area contributed by atoms with Gasteiger partial charge in [0.05, 0.1) is 20.6 Å². The van der Waals surface area contributed by atoms with Crippen LogP contribution in [0.5, 0.6) is 5.75 Å². The lowest BCUT2D eigenvalue weighted by molar-refractivity contribution is -0.131. The van der Waals surface area contributed by atoms with E-state index in [1.807, 2.05) is 6.92 Å². The van der Waals surface area contributed by atoms with Crippen LogP contribution in [0.15, 0.2) is 41.3 Å². The minimum absolute atomic E-state index is 0.0147. The Labute approximate surface area is 144 Å². The van der Waals surface area contributed by atoms with Gasteiger partial charge in [0.2, 0.25) is 0 Å². The predicted molar refractivity (Wildman–Crippen MR) is 89.8 cm³/mol. The molecule has 2 rings (SSSR count). The van der Waals surface area contributed by atoms with Crippen LogP contribution in [-0.4, -0.2) is 14.4 Å². The van der Waals surface area contributed by atoms with Gasteiger partial charge in [0.1, 0.15) is 0 Å². The standard InChI is InChI=1S/C15H13Cl2NO4S/c1-9-3-5-12(6-4-9)23(20,21)18-11-7-13(16)15(14(17)8-11)22-10(2)19/h3-8,18H,1-2H3. The Balaban J connectivity index is 2.33. The van der Waals surface area contributed by atoms with E-state index < -0.39 is 16.0 Å². The zero-order chi connectivity index (χ0) is 17.2. The number of ether oxygens (including phenoxy) is 1. The minimum Gasteiger partial charge on any atom is -0.424 e. The SMILES string of the molecule is CC(=O)Oc1c(Cl)cc(NS(=O)(=O)c2ccc(C)cc2)cc1Cl. The summed E-state index contributed by atoms with van der Waals surface area (Å²) in [6.07, 6.45) is 0. The molecule has 0 saturated heterocycles. The van der Waals surface area contributed by atoms with Crippen molar-refractivity contribution >= 4 is 44.9 Å². The third-order valence-electron chi connectivity index (χ3n) is 2.83. The highest BCUT2D eigenvalue weighted by molar-refractivity contribution is 7.92. The van der Waals surface area contributed by atoms with Gasteiger partial charge in [0.15, 0.2) is 5.75 Å². The zero-order valence-corrected chi connectivity index (χ0v) is 14.6. The van der Waals surface area contributed by atoms with E-state index >= 15 is 0 Å². The summed E-state index contributed by atoms with van der Waals surface area (Å²) in [5.74, 6) is -0.596. The molecule has 0 aliphatic heterocycles. The largest absolute Gasteiger partial charge is 0.424 e. The summed E-state index contributed by atoms with van der Waals surface area (Å²) >= 11 is 12.0. The van der Waals surface area contributed by atoms with Crippen molar-refractivity contribution in [1.29, 1.82) is 0 Å². The first-order valence-corrected chi connectivity index (χ1v) is 8.70. The first-order chi connectivity index (χ1) is 10.7. The van der Waals surface area contributed by atoms with Crippen LogP contribution in [0.4, 0.5) is 5.69 Å². The number of aryl methyl sites for hydroxylation is 1. The molecular weight excluding hydrogens is 361 g/mol. The zero-order valence-electron chi connectivity index (χ0n) is 12.3. The van der Waals surface area contributed by atoms with Gasteiger partial charge in [-0.3, -0.25) is 9.52 Å². The molecule has 0 amide bonds. The lowest BCUT2D eigenvalue weighted by atomic mass is 10.2. The Hall–Kier alpha value is -1.76. The third-order valence-corrected chi connectivity index (χ3v) is 4.79. The molecule has 0 aliphatic rings. The van der Waals surface area contributed by atoms with Crippen molar-refractivity contribution in [3.8, 4) is 5.75 Å². The van der Waals surface area contributed by atoms with E-state index in [4.69, 9.17) is 27.9 Å². The van der Waals surface area contributed by atoms with Crippen molar-refractivity contribution in [2.75, 3.05) is 4.72 Å². The number of benzene rings is 2. The molecule has 0 fully saturated rings. The summed E-state index contributed by atoms with van der Waals surface area (Å²) in [5.41, 5.74) is 1.11. The lowest BCUT2D eigenvalue weighted by Gasteiger charge is -2.12. The van der Waals surface area contributed by atoms with Gasteiger partial charge in [-0.15, -0.1) is 0 Å².